The van der Waals surface area contributed by atoms with Gasteiger partial charge in [0.05, 0.1) is 25.1 Å². The Balaban J connectivity index is 1.68. The van der Waals surface area contributed by atoms with E-state index in [-0.39, 0.29) is 12.1 Å². The molecule has 0 aliphatic rings. The van der Waals surface area contributed by atoms with Crippen molar-refractivity contribution in [2.75, 3.05) is 6.61 Å². The number of hydrogen-bond donors (Lipinski definition) is 1. The van der Waals surface area contributed by atoms with Crippen LogP contribution in [0.4, 0.5) is 0 Å². The summed E-state index contributed by atoms with van der Waals surface area (Å²) in [6, 6.07) is 21.1. The number of nitrogens with zero attached hydrogens (tertiary/aromatic N) is 3. The van der Waals surface area contributed by atoms with Crippen LogP contribution in [0.1, 0.15) is 36.7 Å². The number of benzene rings is 2. The highest BCUT2D eigenvalue weighted by atomic mass is 16.5. The fourth-order valence-corrected chi connectivity index (χ4v) is 3.70. The number of aryl methyl sites for hydroxylation is 1. The van der Waals surface area contributed by atoms with Crippen LogP contribution < -0.4 is 10.1 Å². The molecular formula is C29H28N4O3. The summed E-state index contributed by atoms with van der Waals surface area (Å²) in [6.45, 7) is 4.99. The zero-order valence-corrected chi connectivity index (χ0v) is 20.4. The van der Waals surface area contributed by atoms with Crippen LogP contribution in [0.3, 0.4) is 0 Å². The SMILES string of the molecule is CCCCOc1ccc(-c2nn(-c3ccccc3)cc2/C=C(\C#N)C(=O)NCc2ccco2)cc1C. The van der Waals surface area contributed by atoms with Crippen molar-refractivity contribution in [1.29, 1.82) is 5.26 Å². The van der Waals surface area contributed by atoms with Crippen LogP contribution in [0, 0.1) is 18.3 Å². The molecule has 0 fully saturated rings. The first kappa shape index (κ1) is 24.6. The monoisotopic (exact) mass is 480 g/mol. The van der Waals surface area contributed by atoms with Gasteiger partial charge in [0.25, 0.3) is 5.91 Å². The van der Waals surface area contributed by atoms with Crippen molar-refractivity contribution < 1.29 is 13.9 Å². The molecule has 7 heteroatoms. The number of hydrogen-bond acceptors (Lipinski definition) is 5. The lowest BCUT2D eigenvalue weighted by Crippen LogP contribution is -2.23. The number of unbranched alkanes of at least 4 members (excludes halogenated alkanes) is 1. The fraction of sp³-hybridized carbons (Fsp3) is 0.207. The van der Waals surface area contributed by atoms with Crippen LogP contribution >= 0.6 is 0 Å². The van der Waals surface area contributed by atoms with E-state index < -0.39 is 5.91 Å². The third kappa shape index (κ3) is 5.91. The molecule has 0 spiro atoms. The van der Waals surface area contributed by atoms with Gasteiger partial charge < -0.3 is 14.5 Å². The lowest BCUT2D eigenvalue weighted by atomic mass is 10.0. The topological polar surface area (TPSA) is 93.1 Å². The average molecular weight is 481 g/mol. The van der Waals surface area contributed by atoms with Gasteiger partial charge in [-0.3, -0.25) is 4.79 Å². The molecule has 1 amide bonds. The van der Waals surface area contributed by atoms with E-state index in [1.165, 1.54) is 6.26 Å². The maximum absolute atomic E-state index is 12.7. The second kappa shape index (κ2) is 11.7. The zero-order valence-electron chi connectivity index (χ0n) is 20.4. The lowest BCUT2D eigenvalue weighted by molar-refractivity contribution is -0.117. The van der Waals surface area contributed by atoms with Gasteiger partial charge in [0, 0.05) is 17.3 Å². The summed E-state index contributed by atoms with van der Waals surface area (Å²) in [5.74, 6) is 0.958. The van der Waals surface area contributed by atoms with E-state index >= 15 is 0 Å². The van der Waals surface area contributed by atoms with Crippen molar-refractivity contribution >= 4 is 12.0 Å². The van der Waals surface area contributed by atoms with Crippen LogP contribution in [0.25, 0.3) is 23.0 Å². The van der Waals surface area contributed by atoms with E-state index in [9.17, 15) is 10.1 Å². The fourth-order valence-electron chi connectivity index (χ4n) is 3.70. The highest BCUT2D eigenvalue weighted by molar-refractivity contribution is 6.02. The van der Waals surface area contributed by atoms with Crippen molar-refractivity contribution in [2.45, 2.75) is 33.2 Å². The third-order valence-corrected chi connectivity index (χ3v) is 5.64. The number of amides is 1. The molecule has 7 nitrogen and oxygen atoms in total. The van der Waals surface area contributed by atoms with Crippen molar-refractivity contribution in [3.05, 3.63) is 95.6 Å². The van der Waals surface area contributed by atoms with E-state index in [4.69, 9.17) is 14.3 Å². The van der Waals surface area contributed by atoms with E-state index in [0.717, 1.165) is 35.4 Å². The van der Waals surface area contributed by atoms with E-state index in [1.54, 1.807) is 22.9 Å². The maximum Gasteiger partial charge on any atom is 0.262 e. The quantitative estimate of drug-likeness (QED) is 0.175. The molecule has 1 N–H and O–H groups in total. The minimum absolute atomic E-state index is 0.0216. The number of furan rings is 1. The van der Waals surface area contributed by atoms with Crippen LogP contribution in [-0.2, 0) is 11.3 Å². The molecule has 4 aromatic rings. The van der Waals surface area contributed by atoms with E-state index in [0.29, 0.717) is 23.6 Å². The standard InChI is InChI=1S/C29H28N4O3/c1-3-4-14-36-27-13-12-22(16-21(27)2)28-24(20-33(32-28)25-9-6-5-7-10-25)17-23(18-30)29(34)31-19-26-11-8-15-35-26/h5-13,15-17,20H,3-4,14,19H2,1-2H3,(H,31,34)/b23-17+. The minimum atomic E-state index is -0.483. The first-order valence-electron chi connectivity index (χ1n) is 11.9. The number of nitriles is 1. The van der Waals surface area contributed by atoms with Gasteiger partial charge in [-0.15, -0.1) is 0 Å². The number of rotatable bonds is 10. The molecule has 4 rings (SSSR count). The summed E-state index contributed by atoms with van der Waals surface area (Å²) in [5, 5.41) is 17.3. The van der Waals surface area contributed by atoms with E-state index in [2.05, 4.69) is 12.2 Å². The van der Waals surface area contributed by atoms with E-state index in [1.807, 2.05) is 67.7 Å². The van der Waals surface area contributed by atoms with Gasteiger partial charge in [0.1, 0.15) is 28.8 Å². The first-order valence-corrected chi connectivity index (χ1v) is 11.9. The Morgan fingerprint density at radius 3 is 2.72 bits per heavy atom. The molecular weight excluding hydrogens is 452 g/mol. The van der Waals surface area contributed by atoms with Crippen LogP contribution in [-0.4, -0.2) is 22.3 Å². The van der Waals surface area contributed by atoms with Gasteiger partial charge >= 0.3 is 0 Å². The molecule has 2 aromatic heterocycles. The van der Waals surface area contributed by atoms with Crippen molar-refractivity contribution in [3.63, 3.8) is 0 Å². The predicted molar refractivity (Wildman–Crippen MR) is 138 cm³/mol. The van der Waals surface area contributed by atoms with Gasteiger partial charge in [-0.2, -0.15) is 10.4 Å². The molecule has 0 radical (unpaired) electrons. The van der Waals surface area contributed by atoms with Crippen molar-refractivity contribution in [3.8, 4) is 28.8 Å². The summed E-state index contributed by atoms with van der Waals surface area (Å²) in [4.78, 5) is 12.7. The van der Waals surface area contributed by atoms with Crippen molar-refractivity contribution in [2.24, 2.45) is 0 Å². The highest BCUT2D eigenvalue weighted by Gasteiger charge is 2.16. The van der Waals surface area contributed by atoms with Crippen LogP contribution in [0.2, 0.25) is 0 Å². The summed E-state index contributed by atoms with van der Waals surface area (Å²) < 4.78 is 12.9. The molecule has 0 saturated heterocycles. The maximum atomic E-state index is 12.7. The van der Waals surface area contributed by atoms with Crippen LogP contribution in [0.15, 0.2) is 83.1 Å². The van der Waals surface area contributed by atoms with Gasteiger partial charge in [-0.1, -0.05) is 31.5 Å². The molecule has 0 saturated carbocycles. The molecule has 0 bridgehead atoms. The largest absolute Gasteiger partial charge is 0.493 e. The lowest BCUT2D eigenvalue weighted by Gasteiger charge is -2.10. The molecule has 0 atom stereocenters. The number of aromatic nitrogens is 2. The number of carbonyl (C=O) groups is 1. The Morgan fingerprint density at radius 1 is 1.19 bits per heavy atom. The molecule has 36 heavy (non-hydrogen) atoms. The Labute approximate surface area is 210 Å². The predicted octanol–water partition coefficient (Wildman–Crippen LogP) is 5.84. The Hall–Kier alpha value is -4.57. The zero-order chi connectivity index (χ0) is 25.3. The first-order chi connectivity index (χ1) is 17.6. The second-order valence-electron chi connectivity index (χ2n) is 8.33. The normalized spacial score (nSPS) is 11.2. The number of nitrogens with one attached hydrogen (secondary N) is 1. The smallest absolute Gasteiger partial charge is 0.262 e. The van der Waals surface area contributed by atoms with Gasteiger partial charge in [-0.25, -0.2) is 4.68 Å². The van der Waals surface area contributed by atoms with Crippen LogP contribution in [0.5, 0.6) is 5.75 Å². The Bertz CT molecular complexity index is 1380. The minimum Gasteiger partial charge on any atom is -0.493 e. The molecule has 2 aromatic carbocycles. The summed E-state index contributed by atoms with van der Waals surface area (Å²) in [6.07, 6.45) is 6.99. The van der Waals surface area contributed by atoms with Gasteiger partial charge in [0.2, 0.25) is 0 Å². The van der Waals surface area contributed by atoms with Crippen molar-refractivity contribution in [1.82, 2.24) is 15.1 Å². The summed E-state index contributed by atoms with van der Waals surface area (Å²) in [5.41, 5.74) is 4.02. The summed E-state index contributed by atoms with van der Waals surface area (Å²) >= 11 is 0. The highest BCUT2D eigenvalue weighted by Crippen LogP contribution is 2.30. The molecule has 2 heterocycles. The Kier molecular flexibility index (Phi) is 7.99. The van der Waals surface area contributed by atoms with Gasteiger partial charge in [0.15, 0.2) is 0 Å². The molecule has 182 valence electrons. The Morgan fingerprint density at radius 2 is 2.03 bits per heavy atom. The number of carbonyl (C=O) groups excluding carboxylic acids is 1. The second-order valence-corrected chi connectivity index (χ2v) is 8.33. The van der Waals surface area contributed by atoms with Gasteiger partial charge in [-0.05, 0) is 67.4 Å². The molecule has 0 aliphatic heterocycles. The third-order valence-electron chi connectivity index (χ3n) is 5.64. The molecule has 0 aliphatic carbocycles. The number of ether oxygens (including phenoxy) is 1. The molecule has 0 unspecified atom stereocenters. The average Bonchev–Trinajstić information content (AvgIpc) is 3.58. The summed E-state index contributed by atoms with van der Waals surface area (Å²) in [7, 11) is 0. The number of para-hydroxylation sites is 1.